The van der Waals surface area contributed by atoms with Gasteiger partial charge in [0.2, 0.25) is 11.8 Å². The first-order valence-electron chi connectivity index (χ1n) is 9.77. The molecule has 0 N–H and O–H groups in total. The van der Waals surface area contributed by atoms with Crippen LogP contribution in [0.15, 0.2) is 17.1 Å². The quantitative estimate of drug-likeness (QED) is 0.731. The molecule has 3 heterocycles. The molecule has 1 aromatic rings. The van der Waals surface area contributed by atoms with Gasteiger partial charge >= 0.3 is 0 Å². The van der Waals surface area contributed by atoms with E-state index in [1.54, 1.807) is 11.1 Å². The summed E-state index contributed by atoms with van der Waals surface area (Å²) in [6, 6.07) is 1.63. The van der Waals surface area contributed by atoms with E-state index >= 15 is 0 Å². The Labute approximate surface area is 159 Å². The molecule has 8 heteroatoms. The smallest absolute Gasteiger partial charge is 0.269 e. The predicted octanol–water partition coefficient (Wildman–Crippen LogP) is 0.703. The Morgan fingerprint density at radius 3 is 2.70 bits per heavy atom. The lowest BCUT2D eigenvalue weighted by Crippen LogP contribution is -2.47. The fraction of sp³-hybridized carbons (Fsp3) is 0.684. The average Bonchev–Trinajstić information content (AvgIpc) is 3.06. The highest BCUT2D eigenvalue weighted by atomic mass is 16.2. The molecule has 148 valence electrons. The average molecular weight is 375 g/mol. The molecule has 1 atom stereocenters. The molecule has 1 aromatic heterocycles. The maximum atomic E-state index is 12.8. The summed E-state index contributed by atoms with van der Waals surface area (Å²) in [5, 5.41) is 4.14. The van der Waals surface area contributed by atoms with Crippen LogP contribution in [0.4, 0.5) is 5.69 Å². The van der Waals surface area contributed by atoms with E-state index in [9.17, 15) is 14.4 Å². The molecular weight excluding hydrogens is 346 g/mol. The molecule has 0 aromatic carbocycles. The van der Waals surface area contributed by atoms with Crippen LogP contribution in [0, 0.1) is 0 Å². The Morgan fingerprint density at radius 1 is 1.22 bits per heavy atom. The molecule has 8 nitrogen and oxygen atoms in total. The summed E-state index contributed by atoms with van der Waals surface area (Å²) in [6.07, 6.45) is 7.01. The first kappa shape index (κ1) is 19.4. The summed E-state index contributed by atoms with van der Waals surface area (Å²) in [5.74, 6) is 0.153. The molecule has 0 spiro atoms. The Bertz CT molecular complexity index is 745. The van der Waals surface area contributed by atoms with Crippen LogP contribution in [-0.4, -0.2) is 71.2 Å². The summed E-state index contributed by atoms with van der Waals surface area (Å²) in [4.78, 5) is 42.5. The van der Waals surface area contributed by atoms with E-state index in [1.807, 2.05) is 23.9 Å². The van der Waals surface area contributed by atoms with Crippen molar-refractivity contribution < 1.29 is 9.59 Å². The third-order valence-electron chi connectivity index (χ3n) is 5.51. The molecule has 2 amide bonds. The van der Waals surface area contributed by atoms with Gasteiger partial charge in [-0.15, -0.1) is 0 Å². The van der Waals surface area contributed by atoms with E-state index in [1.165, 1.54) is 10.7 Å². The molecule has 0 saturated carbocycles. The van der Waals surface area contributed by atoms with Gasteiger partial charge in [0.15, 0.2) is 0 Å². The summed E-state index contributed by atoms with van der Waals surface area (Å²) in [6.45, 7) is 2.22. The summed E-state index contributed by atoms with van der Waals surface area (Å²) in [7, 11) is 3.69. The maximum Gasteiger partial charge on any atom is 0.269 e. The molecule has 0 radical (unpaired) electrons. The van der Waals surface area contributed by atoms with Crippen molar-refractivity contribution in [1.82, 2.24) is 19.6 Å². The predicted molar refractivity (Wildman–Crippen MR) is 103 cm³/mol. The Kier molecular flexibility index (Phi) is 6.13. The molecule has 27 heavy (non-hydrogen) atoms. The number of carbonyl (C=O) groups is 2. The third-order valence-corrected chi connectivity index (χ3v) is 5.51. The molecule has 3 rings (SSSR count). The summed E-state index contributed by atoms with van der Waals surface area (Å²) >= 11 is 0. The van der Waals surface area contributed by atoms with Crippen LogP contribution >= 0.6 is 0 Å². The highest BCUT2D eigenvalue weighted by Crippen LogP contribution is 2.21. The summed E-state index contributed by atoms with van der Waals surface area (Å²) < 4.78 is 1.23. The molecule has 2 aliphatic rings. The van der Waals surface area contributed by atoms with Crippen LogP contribution in [0.3, 0.4) is 0 Å². The van der Waals surface area contributed by atoms with E-state index in [0.29, 0.717) is 19.5 Å². The van der Waals surface area contributed by atoms with Crippen molar-refractivity contribution in [2.45, 2.75) is 51.1 Å². The number of nitrogens with zero attached hydrogens (tertiary/aromatic N) is 5. The van der Waals surface area contributed by atoms with Crippen molar-refractivity contribution in [3.8, 4) is 0 Å². The van der Waals surface area contributed by atoms with Crippen molar-refractivity contribution in [1.29, 1.82) is 0 Å². The zero-order valence-corrected chi connectivity index (χ0v) is 16.3. The maximum absolute atomic E-state index is 12.8. The van der Waals surface area contributed by atoms with Gasteiger partial charge in [0.25, 0.3) is 5.56 Å². The molecule has 2 saturated heterocycles. The van der Waals surface area contributed by atoms with Gasteiger partial charge < -0.3 is 14.7 Å². The molecule has 0 aliphatic carbocycles. The minimum atomic E-state index is -0.272. The second kappa shape index (κ2) is 8.54. The van der Waals surface area contributed by atoms with Crippen molar-refractivity contribution in [2.24, 2.45) is 0 Å². The van der Waals surface area contributed by atoms with Crippen LogP contribution in [0.5, 0.6) is 0 Å². The number of piperidine rings is 1. The van der Waals surface area contributed by atoms with E-state index in [0.717, 1.165) is 44.3 Å². The second-order valence-corrected chi connectivity index (χ2v) is 7.61. The fourth-order valence-corrected chi connectivity index (χ4v) is 3.88. The second-order valence-electron chi connectivity index (χ2n) is 7.61. The van der Waals surface area contributed by atoms with Crippen molar-refractivity contribution >= 4 is 17.5 Å². The number of rotatable bonds is 6. The number of amides is 2. The number of carbonyl (C=O) groups excluding carboxylic acids is 2. The lowest BCUT2D eigenvalue weighted by molar-refractivity contribution is -0.136. The Hall–Kier alpha value is -2.38. The highest BCUT2D eigenvalue weighted by molar-refractivity contribution is 5.78. The normalized spacial score (nSPS) is 20.2. The van der Waals surface area contributed by atoms with Crippen molar-refractivity contribution in [3.63, 3.8) is 0 Å². The van der Waals surface area contributed by atoms with Gasteiger partial charge in [-0.3, -0.25) is 14.4 Å². The number of anilines is 1. The first-order chi connectivity index (χ1) is 13.0. The minimum absolute atomic E-state index is 0.0360. The van der Waals surface area contributed by atoms with E-state index in [4.69, 9.17) is 0 Å². The lowest BCUT2D eigenvalue weighted by Gasteiger charge is -2.36. The van der Waals surface area contributed by atoms with Crippen LogP contribution in [0.25, 0.3) is 0 Å². The first-order valence-corrected chi connectivity index (χ1v) is 9.77. The number of hydrogen-bond acceptors (Lipinski definition) is 5. The van der Waals surface area contributed by atoms with Crippen LogP contribution in [-0.2, 0) is 16.1 Å². The van der Waals surface area contributed by atoms with E-state index in [2.05, 4.69) is 5.10 Å². The minimum Gasteiger partial charge on any atom is -0.376 e. The van der Waals surface area contributed by atoms with Crippen molar-refractivity contribution in [2.75, 3.05) is 38.6 Å². The Morgan fingerprint density at radius 2 is 2.04 bits per heavy atom. The fourth-order valence-electron chi connectivity index (χ4n) is 3.88. The van der Waals surface area contributed by atoms with E-state index in [-0.39, 0.29) is 30.0 Å². The van der Waals surface area contributed by atoms with Crippen LogP contribution in [0.1, 0.15) is 38.5 Å². The number of hydrogen-bond donors (Lipinski definition) is 0. The molecular formula is C19H29N5O3. The zero-order valence-electron chi connectivity index (χ0n) is 16.3. The van der Waals surface area contributed by atoms with Gasteiger partial charge in [-0.1, -0.05) is 0 Å². The van der Waals surface area contributed by atoms with E-state index < -0.39 is 0 Å². The van der Waals surface area contributed by atoms with Gasteiger partial charge in [0.05, 0.1) is 11.9 Å². The van der Waals surface area contributed by atoms with Gasteiger partial charge in [-0.05, 0) is 32.1 Å². The monoisotopic (exact) mass is 375 g/mol. The molecule has 1 unspecified atom stereocenters. The topological polar surface area (TPSA) is 78.8 Å². The van der Waals surface area contributed by atoms with Crippen LogP contribution in [0.2, 0.25) is 0 Å². The number of likely N-dealkylation sites (tertiary alicyclic amines) is 2. The SMILES string of the molecule is CN(C)c1cnn(CC(=O)N2CCCCC2CCN2CCCC2=O)c(=O)c1. The molecule has 2 aliphatic heterocycles. The lowest BCUT2D eigenvalue weighted by atomic mass is 9.99. The third kappa shape index (κ3) is 4.67. The van der Waals surface area contributed by atoms with Gasteiger partial charge in [-0.2, -0.15) is 5.10 Å². The molecule has 0 bridgehead atoms. The number of aromatic nitrogens is 2. The van der Waals surface area contributed by atoms with Gasteiger partial charge in [0.1, 0.15) is 6.54 Å². The largest absolute Gasteiger partial charge is 0.376 e. The Balaban J connectivity index is 1.63. The summed E-state index contributed by atoms with van der Waals surface area (Å²) in [5.41, 5.74) is 0.445. The van der Waals surface area contributed by atoms with Crippen LogP contribution < -0.4 is 10.5 Å². The van der Waals surface area contributed by atoms with Gasteiger partial charge in [-0.25, -0.2) is 4.68 Å². The van der Waals surface area contributed by atoms with Crippen molar-refractivity contribution in [3.05, 3.63) is 22.6 Å². The standard InChI is InChI=1S/C19H29N5O3/c1-21(2)16-12-18(26)24(20-13-16)14-19(27)23-10-4-3-6-15(23)8-11-22-9-5-7-17(22)25/h12-13,15H,3-11,14H2,1-2H3. The van der Waals surface area contributed by atoms with Gasteiger partial charge in [0, 0.05) is 52.3 Å². The highest BCUT2D eigenvalue weighted by Gasteiger charge is 2.29. The zero-order chi connectivity index (χ0) is 19.4. The molecule has 2 fully saturated rings.